The molecular weight excluding hydrogens is 456 g/mol. The van der Waals surface area contributed by atoms with E-state index in [-0.39, 0.29) is 11.4 Å². The molecule has 0 saturated carbocycles. The zero-order valence-corrected chi connectivity index (χ0v) is 19.8. The van der Waals surface area contributed by atoms with Crippen molar-refractivity contribution in [3.63, 3.8) is 0 Å². The van der Waals surface area contributed by atoms with Gasteiger partial charge in [0.05, 0.1) is 29.8 Å². The van der Waals surface area contributed by atoms with E-state index in [1.165, 1.54) is 23.5 Å². The minimum atomic E-state index is -3.94. The molecule has 0 fully saturated rings. The van der Waals surface area contributed by atoms with E-state index < -0.39 is 28.0 Å². The summed E-state index contributed by atoms with van der Waals surface area (Å²) in [5.74, 6) is -0.702. The molecule has 8 nitrogen and oxygen atoms in total. The fraction of sp³-hybridized carbons (Fsp3) is 0.200. The van der Waals surface area contributed by atoms with Gasteiger partial charge in [-0.3, -0.25) is 9.10 Å². The summed E-state index contributed by atoms with van der Waals surface area (Å²) in [6.07, 6.45) is -1.09. The topological polar surface area (TPSA) is 102 Å². The van der Waals surface area contributed by atoms with Crippen molar-refractivity contribution in [2.75, 3.05) is 23.3 Å². The van der Waals surface area contributed by atoms with Crippen molar-refractivity contribution < 1.29 is 27.5 Å². The van der Waals surface area contributed by atoms with Crippen molar-refractivity contribution in [3.8, 4) is 5.75 Å². The van der Waals surface area contributed by atoms with Gasteiger partial charge in [0.1, 0.15) is 5.75 Å². The SMILES string of the molecule is COC(=O)c1ccc(NC(=O)[C@@H]2CN(S(=O)(=O)c3ccc(C)cc3)c3cc(C)ccc3O2)cc1. The van der Waals surface area contributed by atoms with Crippen molar-refractivity contribution in [3.05, 3.63) is 83.4 Å². The number of ether oxygens (including phenoxy) is 2. The summed E-state index contributed by atoms with van der Waals surface area (Å²) >= 11 is 0. The van der Waals surface area contributed by atoms with Crippen LogP contribution in [0.5, 0.6) is 5.75 Å². The van der Waals surface area contributed by atoms with E-state index in [9.17, 15) is 18.0 Å². The van der Waals surface area contributed by atoms with Gasteiger partial charge in [-0.1, -0.05) is 23.8 Å². The molecular formula is C25H24N2O6S. The molecule has 1 N–H and O–H groups in total. The van der Waals surface area contributed by atoms with E-state index in [4.69, 9.17) is 4.74 Å². The molecule has 1 aliphatic rings. The highest BCUT2D eigenvalue weighted by Gasteiger charge is 2.37. The van der Waals surface area contributed by atoms with E-state index >= 15 is 0 Å². The monoisotopic (exact) mass is 480 g/mol. The van der Waals surface area contributed by atoms with Gasteiger partial charge in [-0.05, 0) is 67.9 Å². The lowest BCUT2D eigenvalue weighted by Crippen LogP contribution is -2.48. The molecule has 0 aromatic heterocycles. The molecule has 176 valence electrons. The molecule has 0 saturated heterocycles. The zero-order valence-electron chi connectivity index (χ0n) is 18.9. The molecule has 4 rings (SSSR count). The number of aryl methyl sites for hydroxylation is 2. The van der Waals surface area contributed by atoms with Crippen LogP contribution in [-0.4, -0.2) is 40.1 Å². The Bertz CT molecular complexity index is 1330. The van der Waals surface area contributed by atoms with Gasteiger partial charge in [-0.25, -0.2) is 13.2 Å². The summed E-state index contributed by atoms with van der Waals surface area (Å²) in [6.45, 7) is 3.54. The number of rotatable bonds is 5. The number of hydrogen-bond donors (Lipinski definition) is 1. The predicted molar refractivity (Wildman–Crippen MR) is 128 cm³/mol. The van der Waals surface area contributed by atoms with Crippen LogP contribution >= 0.6 is 0 Å². The summed E-state index contributed by atoms with van der Waals surface area (Å²) < 4.78 is 38.8. The Morgan fingerprint density at radius 2 is 1.62 bits per heavy atom. The Morgan fingerprint density at radius 1 is 0.971 bits per heavy atom. The quantitative estimate of drug-likeness (QED) is 0.559. The number of hydrogen-bond acceptors (Lipinski definition) is 6. The molecule has 0 radical (unpaired) electrons. The second-order valence-corrected chi connectivity index (χ2v) is 9.85. The molecule has 0 aliphatic carbocycles. The van der Waals surface area contributed by atoms with Crippen LogP contribution in [0.3, 0.4) is 0 Å². The number of esters is 1. The largest absolute Gasteiger partial charge is 0.476 e. The first-order valence-corrected chi connectivity index (χ1v) is 12.0. The van der Waals surface area contributed by atoms with E-state index in [1.807, 2.05) is 13.8 Å². The summed E-state index contributed by atoms with van der Waals surface area (Å²) in [5, 5.41) is 2.72. The Morgan fingerprint density at radius 3 is 2.26 bits per heavy atom. The standard InChI is InChI=1S/C25H24N2O6S/c1-16-4-11-20(12-5-16)34(30,31)27-15-23(33-22-13-6-17(2)14-21(22)27)24(28)26-19-9-7-18(8-10-19)25(29)32-3/h4-14,23H,15H2,1-3H3,(H,26,28)/t23-/m0/s1. The van der Waals surface area contributed by atoms with Gasteiger partial charge in [0.2, 0.25) is 0 Å². The highest BCUT2D eigenvalue weighted by atomic mass is 32.2. The second-order valence-electron chi connectivity index (χ2n) is 7.99. The van der Waals surface area contributed by atoms with E-state index in [2.05, 4.69) is 10.1 Å². The number of sulfonamides is 1. The van der Waals surface area contributed by atoms with Gasteiger partial charge in [-0.15, -0.1) is 0 Å². The zero-order chi connectivity index (χ0) is 24.5. The molecule has 1 heterocycles. The first kappa shape index (κ1) is 23.3. The maximum absolute atomic E-state index is 13.5. The summed E-state index contributed by atoms with van der Waals surface area (Å²) in [5.41, 5.74) is 2.96. The van der Waals surface area contributed by atoms with Crippen molar-refractivity contribution in [1.29, 1.82) is 0 Å². The van der Waals surface area contributed by atoms with Crippen LogP contribution in [0.2, 0.25) is 0 Å². The third-order valence-corrected chi connectivity index (χ3v) is 7.25. The van der Waals surface area contributed by atoms with Crippen molar-refractivity contribution in [2.24, 2.45) is 0 Å². The second kappa shape index (κ2) is 9.18. The van der Waals surface area contributed by atoms with Crippen LogP contribution in [0.15, 0.2) is 71.6 Å². The van der Waals surface area contributed by atoms with Gasteiger partial charge in [0.15, 0.2) is 6.10 Å². The normalized spacial score (nSPS) is 15.1. The summed E-state index contributed by atoms with van der Waals surface area (Å²) in [6, 6.07) is 17.9. The van der Waals surface area contributed by atoms with E-state index in [0.29, 0.717) is 22.7 Å². The number of amides is 1. The lowest BCUT2D eigenvalue weighted by Gasteiger charge is -2.35. The number of fused-ring (bicyclic) bond motifs is 1. The van der Waals surface area contributed by atoms with Crippen LogP contribution in [0.1, 0.15) is 21.5 Å². The summed E-state index contributed by atoms with van der Waals surface area (Å²) in [4.78, 5) is 24.8. The van der Waals surface area contributed by atoms with Crippen LogP contribution in [0.25, 0.3) is 0 Å². The predicted octanol–water partition coefficient (Wildman–Crippen LogP) is 3.69. The third kappa shape index (κ3) is 4.60. The van der Waals surface area contributed by atoms with Crippen LogP contribution in [0.4, 0.5) is 11.4 Å². The Labute approximate surface area is 198 Å². The average Bonchev–Trinajstić information content (AvgIpc) is 2.83. The molecule has 3 aromatic rings. The molecule has 0 unspecified atom stereocenters. The average molecular weight is 481 g/mol. The highest BCUT2D eigenvalue weighted by Crippen LogP contribution is 2.38. The van der Waals surface area contributed by atoms with Crippen molar-refractivity contribution in [2.45, 2.75) is 24.8 Å². The van der Waals surface area contributed by atoms with Gasteiger partial charge in [0.25, 0.3) is 15.9 Å². The molecule has 9 heteroatoms. The molecule has 0 spiro atoms. The number of nitrogens with zero attached hydrogens (tertiary/aromatic N) is 1. The number of carbonyl (C=O) groups is 2. The lowest BCUT2D eigenvalue weighted by atomic mass is 10.1. The van der Waals surface area contributed by atoms with Crippen LogP contribution in [-0.2, 0) is 19.6 Å². The van der Waals surface area contributed by atoms with Gasteiger partial charge >= 0.3 is 5.97 Å². The summed E-state index contributed by atoms with van der Waals surface area (Å²) in [7, 11) is -2.66. The molecule has 1 amide bonds. The Hall–Kier alpha value is -3.85. The maximum Gasteiger partial charge on any atom is 0.337 e. The Kier molecular flexibility index (Phi) is 6.30. The smallest absolute Gasteiger partial charge is 0.337 e. The number of benzene rings is 3. The maximum atomic E-state index is 13.5. The highest BCUT2D eigenvalue weighted by molar-refractivity contribution is 7.92. The first-order valence-electron chi connectivity index (χ1n) is 10.5. The van der Waals surface area contributed by atoms with E-state index in [1.54, 1.807) is 54.6 Å². The third-order valence-electron chi connectivity index (χ3n) is 5.46. The molecule has 0 bridgehead atoms. The van der Waals surface area contributed by atoms with Gasteiger partial charge in [-0.2, -0.15) is 0 Å². The van der Waals surface area contributed by atoms with Crippen molar-refractivity contribution >= 4 is 33.3 Å². The van der Waals surface area contributed by atoms with Gasteiger partial charge in [0, 0.05) is 5.69 Å². The van der Waals surface area contributed by atoms with Crippen LogP contribution < -0.4 is 14.4 Å². The number of carbonyl (C=O) groups excluding carboxylic acids is 2. The molecule has 1 atom stereocenters. The number of anilines is 2. The molecule has 3 aromatic carbocycles. The lowest BCUT2D eigenvalue weighted by molar-refractivity contribution is -0.122. The van der Waals surface area contributed by atoms with Crippen LogP contribution in [0, 0.1) is 13.8 Å². The minimum Gasteiger partial charge on any atom is -0.476 e. The van der Waals surface area contributed by atoms with Gasteiger partial charge < -0.3 is 14.8 Å². The van der Waals surface area contributed by atoms with E-state index in [0.717, 1.165) is 11.1 Å². The molecule has 1 aliphatic heterocycles. The first-order chi connectivity index (χ1) is 16.2. The van der Waals surface area contributed by atoms with Crippen molar-refractivity contribution in [1.82, 2.24) is 0 Å². The Balaban J connectivity index is 1.63. The minimum absolute atomic E-state index is 0.130. The number of nitrogens with one attached hydrogen (secondary N) is 1. The fourth-order valence-electron chi connectivity index (χ4n) is 3.59. The molecule has 34 heavy (non-hydrogen) atoms. The number of methoxy groups -OCH3 is 1. The fourth-order valence-corrected chi connectivity index (χ4v) is 5.06.